The van der Waals surface area contributed by atoms with Gasteiger partial charge in [0.2, 0.25) is 11.8 Å². The number of nitrogens with zero attached hydrogens (tertiary/aromatic N) is 3. The zero-order chi connectivity index (χ0) is 21.6. The van der Waals surface area contributed by atoms with Crippen LogP contribution in [0.3, 0.4) is 0 Å². The highest BCUT2D eigenvalue weighted by atomic mass is 16.5. The highest BCUT2D eigenvalue weighted by molar-refractivity contribution is 5.93. The quantitative estimate of drug-likeness (QED) is 0.670. The lowest BCUT2D eigenvalue weighted by molar-refractivity contribution is -0.142. The Kier molecular flexibility index (Phi) is 4.78. The third kappa shape index (κ3) is 3.29. The molecule has 1 aromatic carbocycles. The standard InChI is InChI=1S/C24H25N3O4/c1-26(13-17-6-4-10-25-12-17)22(28)20-19-8-9-24(31-19)15-27(23(29)21(20)24)14-16-5-3-7-18(11-16)30-2/h3-12,19-21H,13-15H2,1-2H3/t19-,20-,21-,24-/m0/s1. The first-order valence-electron chi connectivity index (χ1n) is 10.4. The molecule has 5 rings (SSSR count). The van der Waals surface area contributed by atoms with E-state index in [0.717, 1.165) is 16.9 Å². The van der Waals surface area contributed by atoms with Crippen LogP contribution in [-0.4, -0.2) is 59.0 Å². The van der Waals surface area contributed by atoms with Gasteiger partial charge in [0, 0.05) is 32.5 Å². The highest BCUT2D eigenvalue weighted by Gasteiger charge is 2.67. The van der Waals surface area contributed by atoms with E-state index in [9.17, 15) is 9.59 Å². The van der Waals surface area contributed by atoms with Crippen molar-refractivity contribution in [3.8, 4) is 5.75 Å². The zero-order valence-electron chi connectivity index (χ0n) is 17.6. The van der Waals surface area contributed by atoms with Crippen molar-refractivity contribution in [3.05, 3.63) is 72.1 Å². The number of pyridine rings is 1. The minimum atomic E-state index is -0.712. The van der Waals surface area contributed by atoms with E-state index in [4.69, 9.17) is 9.47 Å². The van der Waals surface area contributed by atoms with Crippen LogP contribution < -0.4 is 4.74 Å². The summed E-state index contributed by atoms with van der Waals surface area (Å²) in [5.74, 6) is -0.333. The van der Waals surface area contributed by atoms with Crippen molar-refractivity contribution in [3.63, 3.8) is 0 Å². The van der Waals surface area contributed by atoms with Gasteiger partial charge < -0.3 is 19.3 Å². The summed E-state index contributed by atoms with van der Waals surface area (Å²) in [5, 5.41) is 0. The van der Waals surface area contributed by atoms with Crippen molar-refractivity contribution in [2.24, 2.45) is 11.8 Å². The smallest absolute Gasteiger partial charge is 0.230 e. The molecular formula is C24H25N3O4. The number of carbonyl (C=O) groups is 2. The fourth-order valence-electron chi connectivity index (χ4n) is 5.08. The van der Waals surface area contributed by atoms with E-state index < -0.39 is 17.4 Å². The molecule has 1 aromatic heterocycles. The lowest BCUT2D eigenvalue weighted by Gasteiger charge is -2.27. The predicted octanol–water partition coefficient (Wildman–Crippen LogP) is 2.03. The number of methoxy groups -OCH3 is 1. The van der Waals surface area contributed by atoms with Crippen molar-refractivity contribution in [1.82, 2.24) is 14.8 Å². The van der Waals surface area contributed by atoms with E-state index >= 15 is 0 Å². The van der Waals surface area contributed by atoms with Crippen LogP contribution in [0.15, 0.2) is 60.9 Å². The fourth-order valence-corrected chi connectivity index (χ4v) is 5.08. The monoisotopic (exact) mass is 419 g/mol. The first-order valence-corrected chi connectivity index (χ1v) is 10.4. The van der Waals surface area contributed by atoms with Crippen molar-refractivity contribution < 1.29 is 19.1 Å². The number of aromatic nitrogens is 1. The van der Waals surface area contributed by atoms with Gasteiger partial charge in [-0.15, -0.1) is 0 Å². The predicted molar refractivity (Wildman–Crippen MR) is 113 cm³/mol. The van der Waals surface area contributed by atoms with Gasteiger partial charge >= 0.3 is 0 Å². The van der Waals surface area contributed by atoms with Crippen molar-refractivity contribution in [1.29, 1.82) is 0 Å². The van der Waals surface area contributed by atoms with Crippen LogP contribution in [0.4, 0.5) is 0 Å². The number of ether oxygens (including phenoxy) is 2. The van der Waals surface area contributed by atoms with Gasteiger partial charge in [0.15, 0.2) is 0 Å². The Morgan fingerprint density at radius 1 is 1.32 bits per heavy atom. The second-order valence-electron chi connectivity index (χ2n) is 8.50. The Bertz CT molecular complexity index is 1040. The van der Waals surface area contributed by atoms with Gasteiger partial charge in [0.05, 0.1) is 31.6 Å². The van der Waals surface area contributed by atoms with Gasteiger partial charge in [-0.05, 0) is 29.3 Å². The average Bonchev–Trinajstić information content (AvgIpc) is 3.42. The van der Waals surface area contributed by atoms with Crippen LogP contribution in [0.2, 0.25) is 0 Å². The molecule has 160 valence electrons. The van der Waals surface area contributed by atoms with E-state index in [1.54, 1.807) is 36.4 Å². The molecule has 2 fully saturated rings. The van der Waals surface area contributed by atoms with E-state index in [-0.39, 0.29) is 17.9 Å². The zero-order valence-corrected chi connectivity index (χ0v) is 17.6. The molecule has 1 spiro atoms. The van der Waals surface area contributed by atoms with E-state index in [1.165, 1.54) is 0 Å². The normalized spacial score (nSPS) is 28.1. The molecule has 31 heavy (non-hydrogen) atoms. The minimum Gasteiger partial charge on any atom is -0.497 e. The Balaban J connectivity index is 1.35. The van der Waals surface area contributed by atoms with Crippen LogP contribution in [0.5, 0.6) is 5.75 Å². The lowest BCUT2D eigenvalue weighted by atomic mass is 9.76. The van der Waals surface area contributed by atoms with E-state index in [0.29, 0.717) is 19.6 Å². The number of benzene rings is 1. The Morgan fingerprint density at radius 2 is 2.16 bits per heavy atom. The van der Waals surface area contributed by atoms with E-state index in [2.05, 4.69) is 4.98 Å². The van der Waals surface area contributed by atoms with Crippen LogP contribution >= 0.6 is 0 Å². The molecule has 4 atom stereocenters. The maximum atomic E-state index is 13.4. The molecule has 2 aromatic rings. The van der Waals surface area contributed by atoms with Crippen molar-refractivity contribution in [2.45, 2.75) is 24.8 Å². The van der Waals surface area contributed by atoms with Crippen LogP contribution in [-0.2, 0) is 27.4 Å². The van der Waals surface area contributed by atoms with Crippen molar-refractivity contribution in [2.75, 3.05) is 20.7 Å². The van der Waals surface area contributed by atoms with Gasteiger partial charge in [-0.2, -0.15) is 0 Å². The second kappa shape index (κ2) is 7.50. The van der Waals surface area contributed by atoms with Crippen molar-refractivity contribution >= 4 is 11.8 Å². The van der Waals surface area contributed by atoms with Crippen LogP contribution in [0, 0.1) is 11.8 Å². The Morgan fingerprint density at radius 3 is 2.94 bits per heavy atom. The number of fused-ring (bicyclic) bond motifs is 1. The van der Waals surface area contributed by atoms with E-state index in [1.807, 2.05) is 48.6 Å². The number of carbonyl (C=O) groups excluding carboxylic acids is 2. The molecule has 0 N–H and O–H groups in total. The Labute approximate surface area is 181 Å². The summed E-state index contributed by atoms with van der Waals surface area (Å²) in [6.45, 7) is 1.36. The van der Waals surface area contributed by atoms with Crippen LogP contribution in [0.1, 0.15) is 11.1 Å². The highest BCUT2D eigenvalue weighted by Crippen LogP contribution is 2.52. The lowest BCUT2D eigenvalue weighted by Crippen LogP contribution is -2.44. The molecule has 7 nitrogen and oxygen atoms in total. The molecule has 3 aliphatic rings. The number of hydrogen-bond acceptors (Lipinski definition) is 5. The second-order valence-corrected chi connectivity index (χ2v) is 8.50. The number of amides is 2. The fraction of sp³-hybridized carbons (Fsp3) is 0.375. The topological polar surface area (TPSA) is 72.0 Å². The SMILES string of the molecule is COc1cccc(CN2C[C@]34C=C[C@H](O3)[C@H](C(=O)N(C)Cc3cccnc3)[C@H]4C2=O)c1. The summed E-state index contributed by atoms with van der Waals surface area (Å²) in [7, 11) is 3.39. The third-order valence-electron chi connectivity index (χ3n) is 6.49. The summed E-state index contributed by atoms with van der Waals surface area (Å²) in [4.78, 5) is 34.4. The molecule has 0 saturated carbocycles. The Hall–Kier alpha value is -3.19. The molecule has 0 unspecified atom stereocenters. The summed E-state index contributed by atoms with van der Waals surface area (Å²) in [6, 6.07) is 11.5. The van der Waals surface area contributed by atoms with Crippen LogP contribution in [0.25, 0.3) is 0 Å². The largest absolute Gasteiger partial charge is 0.497 e. The van der Waals surface area contributed by atoms with Gasteiger partial charge in [-0.1, -0.05) is 30.4 Å². The number of rotatable bonds is 6. The number of likely N-dealkylation sites (tertiary alicyclic amines) is 1. The summed E-state index contributed by atoms with van der Waals surface area (Å²) in [6.07, 6.45) is 7.03. The summed E-state index contributed by atoms with van der Waals surface area (Å²) >= 11 is 0. The average molecular weight is 419 g/mol. The molecule has 2 saturated heterocycles. The van der Waals surface area contributed by atoms with Gasteiger partial charge in [-0.3, -0.25) is 14.6 Å². The van der Waals surface area contributed by atoms with Gasteiger partial charge in [0.25, 0.3) is 0 Å². The molecule has 2 bridgehead atoms. The maximum absolute atomic E-state index is 13.4. The molecule has 2 amide bonds. The summed E-state index contributed by atoms with van der Waals surface area (Å²) in [5.41, 5.74) is 1.22. The minimum absolute atomic E-state index is 0.0252. The van der Waals surface area contributed by atoms with Gasteiger partial charge in [0.1, 0.15) is 11.4 Å². The molecule has 0 aliphatic carbocycles. The molecule has 7 heteroatoms. The molecular weight excluding hydrogens is 394 g/mol. The first-order chi connectivity index (χ1) is 15.0. The molecule has 3 aliphatic heterocycles. The molecule has 0 radical (unpaired) electrons. The summed E-state index contributed by atoms with van der Waals surface area (Å²) < 4.78 is 11.5. The molecule has 4 heterocycles. The third-order valence-corrected chi connectivity index (χ3v) is 6.49. The first kappa shape index (κ1) is 19.8. The maximum Gasteiger partial charge on any atom is 0.230 e. The van der Waals surface area contributed by atoms with Gasteiger partial charge in [-0.25, -0.2) is 0 Å². The number of hydrogen-bond donors (Lipinski definition) is 0.